The highest BCUT2D eigenvalue weighted by molar-refractivity contribution is 6.32. The summed E-state index contributed by atoms with van der Waals surface area (Å²) in [5, 5.41) is 9.87. The second-order valence-electron chi connectivity index (χ2n) is 3.25. The zero-order valence-corrected chi connectivity index (χ0v) is 9.66. The van der Waals surface area contributed by atoms with Crippen LogP contribution in [0, 0.1) is 0 Å². The third-order valence-corrected chi connectivity index (χ3v) is 2.30. The van der Waals surface area contributed by atoms with Crippen LogP contribution < -0.4 is 4.74 Å². The minimum atomic E-state index is -0.507. The van der Waals surface area contributed by atoms with Crippen molar-refractivity contribution in [2.24, 2.45) is 0 Å². The van der Waals surface area contributed by atoms with Gasteiger partial charge in [0.25, 0.3) is 0 Å². The van der Waals surface area contributed by atoms with Crippen LogP contribution in [0.5, 0.6) is 5.75 Å². The molecule has 0 amide bonds. The molecule has 0 aliphatic heterocycles. The van der Waals surface area contributed by atoms with Crippen molar-refractivity contribution in [1.82, 2.24) is 0 Å². The summed E-state index contributed by atoms with van der Waals surface area (Å²) in [4.78, 5) is 0. The van der Waals surface area contributed by atoms with Crippen molar-refractivity contribution < 1.29 is 9.84 Å². The molecule has 0 saturated carbocycles. The SMILES string of the molecule is C/C=C/COc1ccc(C(C)O)cc1Cl. The lowest BCUT2D eigenvalue weighted by atomic mass is 10.1. The molecule has 2 nitrogen and oxygen atoms in total. The Kier molecular flexibility index (Phi) is 4.66. The van der Waals surface area contributed by atoms with Crippen molar-refractivity contribution >= 4 is 11.6 Å². The maximum Gasteiger partial charge on any atom is 0.138 e. The first-order valence-electron chi connectivity index (χ1n) is 4.86. The van der Waals surface area contributed by atoms with Crippen LogP contribution in [0.3, 0.4) is 0 Å². The van der Waals surface area contributed by atoms with Gasteiger partial charge in [-0.3, -0.25) is 0 Å². The first-order chi connectivity index (χ1) is 7.15. The molecular formula is C12H15ClO2. The lowest BCUT2D eigenvalue weighted by Crippen LogP contribution is -1.96. The van der Waals surface area contributed by atoms with Crippen LogP contribution in [-0.2, 0) is 0 Å². The van der Waals surface area contributed by atoms with Crippen molar-refractivity contribution in [3.8, 4) is 5.75 Å². The predicted octanol–water partition coefficient (Wildman–Crippen LogP) is 3.35. The summed E-state index contributed by atoms with van der Waals surface area (Å²) in [6, 6.07) is 5.30. The molecule has 0 bridgehead atoms. The van der Waals surface area contributed by atoms with E-state index in [1.807, 2.05) is 25.1 Å². The number of aliphatic hydroxyl groups excluding tert-OH is 1. The van der Waals surface area contributed by atoms with E-state index >= 15 is 0 Å². The normalized spacial score (nSPS) is 13.1. The van der Waals surface area contributed by atoms with Gasteiger partial charge in [-0.05, 0) is 31.5 Å². The maximum absolute atomic E-state index is 9.34. The van der Waals surface area contributed by atoms with Crippen LogP contribution in [0.25, 0.3) is 0 Å². The number of hydrogen-bond donors (Lipinski definition) is 1. The molecule has 1 atom stereocenters. The van der Waals surface area contributed by atoms with Crippen LogP contribution in [0.4, 0.5) is 0 Å². The molecule has 0 aliphatic rings. The predicted molar refractivity (Wildman–Crippen MR) is 62.4 cm³/mol. The Morgan fingerprint density at radius 1 is 1.53 bits per heavy atom. The Hall–Kier alpha value is -0.990. The third kappa shape index (κ3) is 3.57. The Labute approximate surface area is 95.1 Å². The van der Waals surface area contributed by atoms with E-state index in [4.69, 9.17) is 16.3 Å². The molecule has 0 radical (unpaired) electrons. The topological polar surface area (TPSA) is 29.5 Å². The number of aliphatic hydroxyl groups is 1. The van der Waals surface area contributed by atoms with Gasteiger partial charge in [-0.2, -0.15) is 0 Å². The Balaban J connectivity index is 2.74. The fourth-order valence-electron chi connectivity index (χ4n) is 1.13. The number of benzene rings is 1. The monoisotopic (exact) mass is 226 g/mol. The van der Waals surface area contributed by atoms with Gasteiger partial charge in [0, 0.05) is 0 Å². The second kappa shape index (κ2) is 5.79. The van der Waals surface area contributed by atoms with Crippen molar-refractivity contribution in [3.05, 3.63) is 40.9 Å². The number of ether oxygens (including phenoxy) is 1. The smallest absolute Gasteiger partial charge is 0.138 e. The van der Waals surface area contributed by atoms with Gasteiger partial charge < -0.3 is 9.84 Å². The van der Waals surface area contributed by atoms with E-state index in [-0.39, 0.29) is 0 Å². The summed E-state index contributed by atoms with van der Waals surface area (Å²) in [5.74, 6) is 0.638. The Morgan fingerprint density at radius 2 is 2.27 bits per heavy atom. The van der Waals surface area contributed by atoms with Crippen LogP contribution in [0.1, 0.15) is 25.5 Å². The summed E-state index contributed by atoms with van der Waals surface area (Å²) in [7, 11) is 0. The molecule has 1 aromatic rings. The number of rotatable bonds is 4. The second-order valence-corrected chi connectivity index (χ2v) is 3.65. The van der Waals surface area contributed by atoms with Gasteiger partial charge in [-0.25, -0.2) is 0 Å². The zero-order valence-electron chi connectivity index (χ0n) is 8.90. The van der Waals surface area contributed by atoms with E-state index < -0.39 is 6.10 Å². The Bertz CT molecular complexity index is 345. The van der Waals surface area contributed by atoms with Crippen molar-refractivity contribution in [2.75, 3.05) is 6.61 Å². The summed E-state index contributed by atoms with van der Waals surface area (Å²) >= 11 is 5.99. The molecule has 1 N–H and O–H groups in total. The van der Waals surface area contributed by atoms with Gasteiger partial charge in [0.2, 0.25) is 0 Å². The number of allylic oxidation sites excluding steroid dienone is 1. The third-order valence-electron chi connectivity index (χ3n) is 2.01. The van der Waals surface area contributed by atoms with Crippen molar-refractivity contribution in [1.29, 1.82) is 0 Å². The average molecular weight is 227 g/mol. The highest BCUT2D eigenvalue weighted by atomic mass is 35.5. The van der Waals surface area contributed by atoms with Gasteiger partial charge in [0.15, 0.2) is 0 Å². The summed E-state index contributed by atoms with van der Waals surface area (Å²) in [5.41, 5.74) is 0.790. The van der Waals surface area contributed by atoms with E-state index in [1.165, 1.54) is 0 Å². The molecule has 0 spiro atoms. The first kappa shape index (κ1) is 12.1. The first-order valence-corrected chi connectivity index (χ1v) is 5.24. The number of halogens is 1. The van der Waals surface area contributed by atoms with Gasteiger partial charge in [-0.1, -0.05) is 29.8 Å². The molecule has 1 rings (SSSR count). The van der Waals surface area contributed by atoms with Gasteiger partial charge >= 0.3 is 0 Å². The van der Waals surface area contributed by atoms with E-state index in [0.29, 0.717) is 17.4 Å². The largest absolute Gasteiger partial charge is 0.488 e. The standard InChI is InChI=1S/C12H15ClO2/c1-3-4-7-15-12-6-5-10(9(2)14)8-11(12)13/h3-6,8-9,14H,7H2,1-2H3/b4-3+. The highest BCUT2D eigenvalue weighted by Gasteiger charge is 2.05. The van der Waals surface area contributed by atoms with Crippen LogP contribution in [0.2, 0.25) is 5.02 Å². The minimum absolute atomic E-state index is 0.504. The van der Waals surface area contributed by atoms with E-state index in [0.717, 1.165) is 5.56 Å². The summed E-state index contributed by atoms with van der Waals surface area (Å²) < 4.78 is 5.41. The molecule has 0 aromatic heterocycles. The fraction of sp³-hybridized carbons (Fsp3) is 0.333. The van der Waals surface area contributed by atoms with Crippen molar-refractivity contribution in [2.45, 2.75) is 20.0 Å². The maximum atomic E-state index is 9.34. The molecule has 82 valence electrons. The molecule has 1 aromatic carbocycles. The van der Waals surface area contributed by atoms with Crippen LogP contribution in [0.15, 0.2) is 30.4 Å². The highest BCUT2D eigenvalue weighted by Crippen LogP contribution is 2.27. The number of hydrogen-bond acceptors (Lipinski definition) is 2. The molecule has 1 unspecified atom stereocenters. The van der Waals surface area contributed by atoms with Crippen LogP contribution >= 0.6 is 11.6 Å². The van der Waals surface area contributed by atoms with Crippen molar-refractivity contribution in [3.63, 3.8) is 0 Å². The van der Waals surface area contributed by atoms with E-state index in [2.05, 4.69) is 0 Å². The van der Waals surface area contributed by atoms with E-state index in [9.17, 15) is 5.11 Å². The van der Waals surface area contributed by atoms with Crippen LogP contribution in [-0.4, -0.2) is 11.7 Å². The molecule has 3 heteroatoms. The summed E-state index contributed by atoms with van der Waals surface area (Å²) in [6.07, 6.45) is 3.31. The molecule has 0 fully saturated rings. The van der Waals surface area contributed by atoms with Gasteiger partial charge in [0.05, 0.1) is 11.1 Å². The zero-order chi connectivity index (χ0) is 11.3. The van der Waals surface area contributed by atoms with Gasteiger partial charge in [0.1, 0.15) is 12.4 Å². The average Bonchev–Trinajstić information content (AvgIpc) is 2.20. The quantitative estimate of drug-likeness (QED) is 0.798. The molecule has 0 aliphatic carbocycles. The molecule has 0 saturated heterocycles. The van der Waals surface area contributed by atoms with Gasteiger partial charge in [-0.15, -0.1) is 0 Å². The molecule has 0 heterocycles. The lowest BCUT2D eigenvalue weighted by molar-refractivity contribution is 0.199. The minimum Gasteiger partial charge on any atom is -0.488 e. The lowest BCUT2D eigenvalue weighted by Gasteiger charge is -2.09. The Morgan fingerprint density at radius 3 is 2.80 bits per heavy atom. The van der Waals surface area contributed by atoms with E-state index in [1.54, 1.807) is 19.1 Å². The summed E-state index contributed by atoms with van der Waals surface area (Å²) in [6.45, 7) is 4.14. The fourth-order valence-corrected chi connectivity index (χ4v) is 1.37. The molecular weight excluding hydrogens is 212 g/mol. The molecule has 15 heavy (non-hydrogen) atoms.